The van der Waals surface area contributed by atoms with Gasteiger partial charge in [0.05, 0.1) is 5.69 Å². The van der Waals surface area contributed by atoms with Gasteiger partial charge in [0.15, 0.2) is 5.82 Å². The van der Waals surface area contributed by atoms with Gasteiger partial charge in [-0.25, -0.2) is 4.98 Å². The standard InChI is InChI=1S/C22H18F3N5O/c23-22(24,25)31-16-12-10-15(11-13-16)26-20-17-8-4-5-9-18(17)27-21-28-19(29-30(20)21)14-6-2-1-3-7-14/h1-3,6-7,10-13,26H,4-5,8-9H2. The molecule has 0 atom stereocenters. The van der Waals surface area contributed by atoms with E-state index in [9.17, 15) is 13.2 Å². The fourth-order valence-corrected chi connectivity index (χ4v) is 3.76. The number of benzene rings is 2. The van der Waals surface area contributed by atoms with Gasteiger partial charge in [-0.2, -0.15) is 9.50 Å². The molecule has 2 aromatic carbocycles. The molecule has 31 heavy (non-hydrogen) atoms. The monoisotopic (exact) mass is 425 g/mol. The Morgan fingerprint density at radius 1 is 0.903 bits per heavy atom. The van der Waals surface area contributed by atoms with Gasteiger partial charge in [-0.3, -0.25) is 0 Å². The summed E-state index contributed by atoms with van der Waals surface area (Å²) >= 11 is 0. The lowest BCUT2D eigenvalue weighted by molar-refractivity contribution is -0.274. The molecule has 2 heterocycles. The molecule has 0 bridgehead atoms. The highest BCUT2D eigenvalue weighted by Gasteiger charge is 2.31. The van der Waals surface area contributed by atoms with Crippen molar-refractivity contribution in [3.05, 3.63) is 65.9 Å². The minimum absolute atomic E-state index is 0.271. The third-order valence-electron chi connectivity index (χ3n) is 5.14. The van der Waals surface area contributed by atoms with E-state index in [1.807, 2.05) is 30.3 Å². The number of alkyl halides is 3. The average molecular weight is 425 g/mol. The van der Waals surface area contributed by atoms with Crippen LogP contribution in [0.15, 0.2) is 54.6 Å². The van der Waals surface area contributed by atoms with Crippen LogP contribution in [0.3, 0.4) is 0 Å². The van der Waals surface area contributed by atoms with Crippen LogP contribution in [0.5, 0.6) is 5.75 Å². The highest BCUT2D eigenvalue weighted by atomic mass is 19.4. The van der Waals surface area contributed by atoms with Crippen LogP contribution in [0.2, 0.25) is 0 Å². The van der Waals surface area contributed by atoms with Crippen LogP contribution in [0, 0.1) is 0 Å². The first kappa shape index (κ1) is 19.3. The molecule has 158 valence electrons. The fourth-order valence-electron chi connectivity index (χ4n) is 3.76. The summed E-state index contributed by atoms with van der Waals surface area (Å²) in [5.41, 5.74) is 3.53. The lowest BCUT2D eigenvalue weighted by Crippen LogP contribution is -2.17. The number of aryl methyl sites for hydroxylation is 1. The summed E-state index contributed by atoms with van der Waals surface area (Å²) in [6, 6.07) is 15.3. The largest absolute Gasteiger partial charge is 0.573 e. The molecule has 1 aliphatic carbocycles. The predicted molar refractivity (Wildman–Crippen MR) is 109 cm³/mol. The number of aromatic nitrogens is 4. The Labute approximate surface area is 175 Å². The molecule has 6 nitrogen and oxygen atoms in total. The Balaban J connectivity index is 1.55. The van der Waals surface area contributed by atoms with Gasteiger partial charge in [-0.05, 0) is 49.9 Å². The minimum Gasteiger partial charge on any atom is -0.406 e. The topological polar surface area (TPSA) is 64.3 Å². The van der Waals surface area contributed by atoms with Gasteiger partial charge in [0, 0.05) is 16.8 Å². The van der Waals surface area contributed by atoms with E-state index in [-0.39, 0.29) is 5.75 Å². The Morgan fingerprint density at radius 3 is 2.39 bits per heavy atom. The van der Waals surface area contributed by atoms with Gasteiger partial charge in [0.2, 0.25) is 0 Å². The SMILES string of the molecule is FC(F)(F)Oc1ccc(Nc2c3c(nc4nc(-c5ccccc5)nn24)CCCC3)cc1. The average Bonchev–Trinajstić information content (AvgIpc) is 3.18. The van der Waals surface area contributed by atoms with Gasteiger partial charge >= 0.3 is 6.36 Å². The normalized spacial score (nSPS) is 13.8. The van der Waals surface area contributed by atoms with Crippen LogP contribution in [0.1, 0.15) is 24.1 Å². The second-order valence-corrected chi connectivity index (χ2v) is 7.30. The number of nitrogens with zero attached hydrogens (tertiary/aromatic N) is 4. The first-order chi connectivity index (χ1) is 15.0. The van der Waals surface area contributed by atoms with Gasteiger partial charge < -0.3 is 10.1 Å². The lowest BCUT2D eigenvalue weighted by atomic mass is 9.96. The van der Waals surface area contributed by atoms with Crippen molar-refractivity contribution >= 4 is 17.3 Å². The number of hydrogen-bond donors (Lipinski definition) is 1. The van der Waals surface area contributed by atoms with E-state index in [0.29, 0.717) is 17.3 Å². The van der Waals surface area contributed by atoms with Crippen molar-refractivity contribution in [2.75, 3.05) is 5.32 Å². The number of anilines is 2. The second kappa shape index (κ2) is 7.57. The fraction of sp³-hybridized carbons (Fsp3) is 0.227. The Bertz CT molecular complexity index is 1220. The summed E-state index contributed by atoms with van der Waals surface area (Å²) in [6.07, 6.45) is -0.936. The molecular weight excluding hydrogens is 407 g/mol. The summed E-state index contributed by atoms with van der Waals surface area (Å²) in [5.74, 6) is 1.51. The number of halogens is 3. The first-order valence-corrected chi connectivity index (χ1v) is 9.93. The molecule has 9 heteroatoms. The van der Waals surface area contributed by atoms with Crippen molar-refractivity contribution in [1.82, 2.24) is 19.6 Å². The van der Waals surface area contributed by atoms with Crippen LogP contribution in [-0.2, 0) is 12.8 Å². The summed E-state index contributed by atoms with van der Waals surface area (Å²) in [4.78, 5) is 9.33. The maximum atomic E-state index is 12.4. The van der Waals surface area contributed by atoms with Crippen molar-refractivity contribution in [2.45, 2.75) is 32.0 Å². The zero-order chi connectivity index (χ0) is 21.4. The Hall–Kier alpha value is -3.62. The zero-order valence-electron chi connectivity index (χ0n) is 16.4. The highest BCUT2D eigenvalue weighted by molar-refractivity contribution is 5.66. The molecule has 0 spiro atoms. The third kappa shape index (κ3) is 4.03. The second-order valence-electron chi connectivity index (χ2n) is 7.30. The van der Waals surface area contributed by atoms with Crippen molar-refractivity contribution in [3.8, 4) is 17.1 Å². The predicted octanol–water partition coefficient (Wildman–Crippen LogP) is 5.31. The Kier molecular flexibility index (Phi) is 4.72. The van der Waals surface area contributed by atoms with Crippen molar-refractivity contribution in [2.24, 2.45) is 0 Å². The summed E-state index contributed by atoms with van der Waals surface area (Å²) in [6.45, 7) is 0. The number of rotatable bonds is 4. The summed E-state index contributed by atoms with van der Waals surface area (Å²) in [7, 11) is 0. The molecule has 0 amide bonds. The maximum Gasteiger partial charge on any atom is 0.573 e. The van der Waals surface area contributed by atoms with Crippen LogP contribution < -0.4 is 10.1 Å². The summed E-state index contributed by atoms with van der Waals surface area (Å²) in [5, 5.41) is 7.97. The molecule has 0 fully saturated rings. The summed E-state index contributed by atoms with van der Waals surface area (Å²) < 4.78 is 42.9. The molecule has 0 unspecified atom stereocenters. The number of ether oxygens (including phenoxy) is 1. The number of hydrogen-bond acceptors (Lipinski definition) is 5. The van der Waals surface area contributed by atoms with Crippen LogP contribution >= 0.6 is 0 Å². The van der Waals surface area contributed by atoms with Gasteiger partial charge in [0.1, 0.15) is 11.6 Å². The Morgan fingerprint density at radius 2 is 1.65 bits per heavy atom. The maximum absolute atomic E-state index is 12.4. The molecule has 0 saturated carbocycles. The van der Waals surface area contributed by atoms with E-state index in [1.165, 1.54) is 24.3 Å². The molecule has 1 aliphatic rings. The quantitative estimate of drug-likeness (QED) is 0.480. The lowest BCUT2D eigenvalue weighted by Gasteiger charge is -2.20. The molecule has 1 N–H and O–H groups in total. The van der Waals surface area contributed by atoms with E-state index in [1.54, 1.807) is 4.52 Å². The van der Waals surface area contributed by atoms with Crippen molar-refractivity contribution in [3.63, 3.8) is 0 Å². The van der Waals surface area contributed by atoms with Gasteiger partial charge in [-0.15, -0.1) is 18.3 Å². The van der Waals surface area contributed by atoms with Gasteiger partial charge in [0.25, 0.3) is 5.78 Å². The molecule has 0 aliphatic heterocycles. The van der Waals surface area contributed by atoms with Crippen molar-refractivity contribution < 1.29 is 17.9 Å². The van der Waals surface area contributed by atoms with Crippen LogP contribution in [0.4, 0.5) is 24.7 Å². The van der Waals surface area contributed by atoms with E-state index < -0.39 is 6.36 Å². The van der Waals surface area contributed by atoms with E-state index in [4.69, 9.17) is 4.98 Å². The van der Waals surface area contributed by atoms with E-state index >= 15 is 0 Å². The first-order valence-electron chi connectivity index (χ1n) is 9.93. The van der Waals surface area contributed by atoms with E-state index in [2.05, 4.69) is 20.1 Å². The highest BCUT2D eigenvalue weighted by Crippen LogP contribution is 2.31. The zero-order valence-corrected chi connectivity index (χ0v) is 16.4. The molecular formula is C22H18F3N5O. The number of fused-ring (bicyclic) bond motifs is 2. The van der Waals surface area contributed by atoms with Crippen molar-refractivity contribution in [1.29, 1.82) is 0 Å². The molecule has 4 aromatic rings. The van der Waals surface area contributed by atoms with Crippen LogP contribution in [0.25, 0.3) is 17.2 Å². The molecule has 2 aromatic heterocycles. The van der Waals surface area contributed by atoms with E-state index in [0.717, 1.165) is 48.3 Å². The molecule has 0 radical (unpaired) electrons. The number of nitrogens with one attached hydrogen (secondary N) is 1. The third-order valence-corrected chi connectivity index (χ3v) is 5.14. The van der Waals surface area contributed by atoms with Gasteiger partial charge in [-0.1, -0.05) is 30.3 Å². The minimum atomic E-state index is -4.72. The smallest absolute Gasteiger partial charge is 0.406 e. The molecule has 0 saturated heterocycles. The molecule has 5 rings (SSSR count). The van der Waals surface area contributed by atoms with Crippen LogP contribution in [-0.4, -0.2) is 25.9 Å².